The highest BCUT2D eigenvalue weighted by molar-refractivity contribution is 5.91. The van der Waals surface area contributed by atoms with E-state index in [2.05, 4.69) is 20.0 Å². The minimum Gasteiger partial charge on any atom is -0.329 e. The van der Waals surface area contributed by atoms with Gasteiger partial charge in [-0.15, -0.1) is 12.4 Å². The van der Waals surface area contributed by atoms with Gasteiger partial charge in [0.1, 0.15) is 0 Å². The Morgan fingerprint density at radius 2 is 1.96 bits per heavy atom. The molecule has 1 amide bonds. The van der Waals surface area contributed by atoms with Crippen LogP contribution >= 0.6 is 12.4 Å². The number of rotatable bonds is 4. The minimum absolute atomic E-state index is 0. The van der Waals surface area contributed by atoms with E-state index in [4.69, 9.17) is 5.73 Å². The van der Waals surface area contributed by atoms with Gasteiger partial charge in [0.25, 0.3) is 0 Å². The van der Waals surface area contributed by atoms with Gasteiger partial charge in [-0.05, 0) is 43.0 Å². The molecule has 1 aromatic carbocycles. The molecule has 0 saturated heterocycles. The van der Waals surface area contributed by atoms with Crippen LogP contribution in [0.1, 0.15) is 31.6 Å². The lowest BCUT2D eigenvalue weighted by Crippen LogP contribution is -2.28. The van der Waals surface area contributed by atoms with Crippen molar-refractivity contribution >= 4 is 24.0 Å². The number of benzene rings is 1. The molecule has 0 radical (unpaired) electrons. The average Bonchev–Trinajstić information content (AvgIpc) is 3.18. The highest BCUT2D eigenvalue weighted by Gasteiger charge is 2.38. The second-order valence-corrected chi connectivity index (χ2v) is 6.11. The average molecular weight is 391 g/mol. The van der Waals surface area contributed by atoms with Crippen LogP contribution in [0.15, 0.2) is 28.8 Å². The second kappa shape index (κ2) is 8.05. The molecule has 2 aromatic rings. The first kappa shape index (κ1) is 20.2. The van der Waals surface area contributed by atoms with Gasteiger partial charge < -0.3 is 15.6 Å². The van der Waals surface area contributed by atoms with Crippen LogP contribution in [0.3, 0.4) is 0 Å². The summed E-state index contributed by atoms with van der Waals surface area (Å²) in [5.41, 5.74) is 6.85. The number of aromatic nitrogens is 2. The molecule has 142 valence electrons. The van der Waals surface area contributed by atoms with E-state index in [9.17, 15) is 18.0 Å². The Bertz CT molecular complexity index is 749. The molecule has 0 spiro atoms. The maximum Gasteiger partial charge on any atom is 0.471 e. The van der Waals surface area contributed by atoms with E-state index in [1.165, 1.54) is 12.1 Å². The third-order valence-electron chi connectivity index (χ3n) is 4.26. The summed E-state index contributed by atoms with van der Waals surface area (Å²) in [6, 6.07) is 6.25. The third kappa shape index (κ3) is 4.73. The standard InChI is InChI=1S/C16H17F3N4O2.ClH/c17-16(18,19)15-22-14(23-25-15)9-4-6-11(7-5-9)21-13(24)8-10-2-1-3-12(10)20;/h4-7,10,12H,1-3,8,20H2,(H,21,24);1H/t10-,12+;/m0./s1. The lowest BCUT2D eigenvalue weighted by Gasteiger charge is -2.14. The van der Waals surface area contributed by atoms with E-state index in [0.29, 0.717) is 17.7 Å². The Hall–Kier alpha value is -2.13. The molecular formula is C16H18ClF3N4O2. The molecule has 1 saturated carbocycles. The smallest absolute Gasteiger partial charge is 0.329 e. The predicted molar refractivity (Wildman–Crippen MR) is 90.5 cm³/mol. The Labute approximate surface area is 153 Å². The van der Waals surface area contributed by atoms with Crippen molar-refractivity contribution in [1.29, 1.82) is 0 Å². The van der Waals surface area contributed by atoms with Gasteiger partial charge in [-0.25, -0.2) is 0 Å². The van der Waals surface area contributed by atoms with Gasteiger partial charge in [0.05, 0.1) is 0 Å². The number of amides is 1. The molecule has 6 nitrogen and oxygen atoms in total. The van der Waals surface area contributed by atoms with E-state index in [0.717, 1.165) is 19.3 Å². The summed E-state index contributed by atoms with van der Waals surface area (Å²) in [5.74, 6) is -1.50. The van der Waals surface area contributed by atoms with E-state index in [1.54, 1.807) is 12.1 Å². The molecule has 10 heteroatoms. The van der Waals surface area contributed by atoms with Crippen molar-refractivity contribution < 1.29 is 22.5 Å². The van der Waals surface area contributed by atoms with Crippen molar-refractivity contribution in [3.8, 4) is 11.4 Å². The quantitative estimate of drug-likeness (QED) is 0.831. The lowest BCUT2D eigenvalue weighted by atomic mass is 10.00. The SMILES string of the molecule is Cl.N[C@@H]1CCC[C@H]1CC(=O)Nc1ccc(-c2noc(C(F)(F)F)n2)cc1. The lowest BCUT2D eigenvalue weighted by molar-refractivity contribution is -0.159. The van der Waals surface area contributed by atoms with Crippen LogP contribution in [0.2, 0.25) is 0 Å². The van der Waals surface area contributed by atoms with Crippen molar-refractivity contribution in [1.82, 2.24) is 10.1 Å². The van der Waals surface area contributed by atoms with Gasteiger partial charge in [0, 0.05) is 23.7 Å². The summed E-state index contributed by atoms with van der Waals surface area (Å²) >= 11 is 0. The molecule has 1 fully saturated rings. The summed E-state index contributed by atoms with van der Waals surface area (Å²) in [7, 11) is 0. The first-order chi connectivity index (χ1) is 11.8. The van der Waals surface area contributed by atoms with Crippen LogP contribution in [0, 0.1) is 5.92 Å². The van der Waals surface area contributed by atoms with Crippen molar-refractivity contribution in [3.05, 3.63) is 30.2 Å². The molecule has 0 aliphatic heterocycles. The van der Waals surface area contributed by atoms with Crippen molar-refractivity contribution in [2.24, 2.45) is 11.7 Å². The topological polar surface area (TPSA) is 94.0 Å². The Morgan fingerprint density at radius 3 is 2.50 bits per heavy atom. The van der Waals surface area contributed by atoms with Crippen LogP contribution in [0.5, 0.6) is 0 Å². The van der Waals surface area contributed by atoms with Gasteiger partial charge >= 0.3 is 12.1 Å². The Morgan fingerprint density at radius 1 is 1.27 bits per heavy atom. The molecule has 0 unspecified atom stereocenters. The van der Waals surface area contributed by atoms with E-state index < -0.39 is 12.1 Å². The maximum absolute atomic E-state index is 12.5. The fourth-order valence-electron chi connectivity index (χ4n) is 2.93. The van der Waals surface area contributed by atoms with E-state index in [-0.39, 0.29) is 36.1 Å². The molecular weight excluding hydrogens is 373 g/mol. The number of halogens is 4. The van der Waals surface area contributed by atoms with Gasteiger partial charge in [-0.3, -0.25) is 4.79 Å². The number of hydrogen-bond acceptors (Lipinski definition) is 5. The number of hydrogen-bond donors (Lipinski definition) is 2. The van der Waals surface area contributed by atoms with Crippen molar-refractivity contribution in [3.63, 3.8) is 0 Å². The van der Waals surface area contributed by atoms with E-state index in [1.807, 2.05) is 0 Å². The highest BCUT2D eigenvalue weighted by atomic mass is 35.5. The van der Waals surface area contributed by atoms with Crippen molar-refractivity contribution in [2.45, 2.75) is 37.9 Å². The van der Waals surface area contributed by atoms with Crippen LogP contribution < -0.4 is 11.1 Å². The van der Waals surface area contributed by atoms with Crippen LogP contribution in [0.25, 0.3) is 11.4 Å². The number of carbonyl (C=O) groups is 1. The molecule has 1 aliphatic rings. The number of anilines is 1. The molecule has 1 heterocycles. The largest absolute Gasteiger partial charge is 0.471 e. The fourth-order valence-corrected chi connectivity index (χ4v) is 2.93. The number of carbonyl (C=O) groups excluding carboxylic acids is 1. The monoisotopic (exact) mass is 390 g/mol. The number of nitrogens with zero attached hydrogens (tertiary/aromatic N) is 2. The number of alkyl halides is 3. The molecule has 1 aromatic heterocycles. The van der Waals surface area contributed by atoms with Crippen LogP contribution in [-0.4, -0.2) is 22.1 Å². The van der Waals surface area contributed by atoms with Gasteiger partial charge in [-0.1, -0.05) is 11.6 Å². The summed E-state index contributed by atoms with van der Waals surface area (Å²) in [4.78, 5) is 15.4. The highest BCUT2D eigenvalue weighted by Crippen LogP contribution is 2.30. The fraction of sp³-hybridized carbons (Fsp3) is 0.438. The minimum atomic E-state index is -4.68. The van der Waals surface area contributed by atoms with Crippen LogP contribution in [0.4, 0.5) is 18.9 Å². The normalized spacial score (nSPS) is 19.8. The van der Waals surface area contributed by atoms with Crippen LogP contribution in [-0.2, 0) is 11.0 Å². The van der Waals surface area contributed by atoms with E-state index >= 15 is 0 Å². The van der Waals surface area contributed by atoms with Gasteiger partial charge in [0.15, 0.2) is 0 Å². The zero-order valence-electron chi connectivity index (χ0n) is 13.6. The molecule has 2 atom stereocenters. The number of nitrogens with two attached hydrogens (primary N) is 1. The first-order valence-electron chi connectivity index (χ1n) is 7.89. The summed E-state index contributed by atoms with van der Waals surface area (Å²) in [5, 5.41) is 6.07. The van der Waals surface area contributed by atoms with Gasteiger partial charge in [0.2, 0.25) is 11.7 Å². The first-order valence-corrected chi connectivity index (χ1v) is 7.89. The summed E-state index contributed by atoms with van der Waals surface area (Å²) in [6.07, 6.45) is -1.38. The zero-order chi connectivity index (χ0) is 18.0. The Balaban J connectivity index is 0.00000243. The summed E-state index contributed by atoms with van der Waals surface area (Å²) < 4.78 is 41.6. The Kier molecular flexibility index (Phi) is 6.25. The molecule has 0 bridgehead atoms. The molecule has 3 N–H and O–H groups in total. The zero-order valence-corrected chi connectivity index (χ0v) is 14.4. The number of nitrogens with one attached hydrogen (secondary N) is 1. The van der Waals surface area contributed by atoms with Crippen molar-refractivity contribution in [2.75, 3.05) is 5.32 Å². The summed E-state index contributed by atoms with van der Waals surface area (Å²) in [6.45, 7) is 0. The predicted octanol–water partition coefficient (Wildman–Crippen LogP) is 3.63. The van der Waals surface area contributed by atoms with Gasteiger partial charge in [-0.2, -0.15) is 18.2 Å². The maximum atomic E-state index is 12.5. The third-order valence-corrected chi connectivity index (χ3v) is 4.26. The molecule has 1 aliphatic carbocycles. The molecule has 3 rings (SSSR count). The molecule has 26 heavy (non-hydrogen) atoms. The second-order valence-electron chi connectivity index (χ2n) is 6.11.